The second-order valence-electron chi connectivity index (χ2n) is 3.39. The Morgan fingerprint density at radius 3 is 2.00 bits per heavy atom. The molecule has 0 heterocycles. The highest BCUT2D eigenvalue weighted by molar-refractivity contribution is 5.97. The lowest BCUT2D eigenvalue weighted by Crippen LogP contribution is -2.11. The van der Waals surface area contributed by atoms with Crippen LogP contribution >= 0.6 is 0 Å². The van der Waals surface area contributed by atoms with E-state index in [1.54, 1.807) is 12.1 Å². The number of rotatable bonds is 4. The predicted octanol–water partition coefficient (Wildman–Crippen LogP) is 3.58. The largest absolute Gasteiger partial charge is 0.485 e. The van der Waals surface area contributed by atoms with Gasteiger partial charge in [-0.05, 0) is 12.1 Å². The Balaban J connectivity index is 0.00000144. The number of ether oxygens (including phenoxy) is 1. The molecule has 0 N–H and O–H groups in total. The molecule has 0 saturated carbocycles. The summed E-state index contributed by atoms with van der Waals surface area (Å²) >= 11 is 0. The van der Waals surface area contributed by atoms with E-state index < -0.39 is 0 Å². The van der Waals surface area contributed by atoms with Crippen LogP contribution in [0.15, 0.2) is 60.7 Å². The quantitative estimate of drug-likeness (QED) is 0.747. The molecule has 2 aromatic rings. The summed E-state index contributed by atoms with van der Waals surface area (Å²) in [5.74, 6) is 0.705. The summed E-state index contributed by atoms with van der Waals surface area (Å²) in [6.07, 6.45) is 0. The lowest BCUT2D eigenvalue weighted by molar-refractivity contribution is 0.0921. The van der Waals surface area contributed by atoms with Gasteiger partial charge in [-0.3, -0.25) is 4.79 Å². The topological polar surface area (TPSA) is 26.3 Å². The van der Waals surface area contributed by atoms with Gasteiger partial charge in [0, 0.05) is 5.56 Å². The fraction of sp³-hybridized carbons (Fsp3) is 0.133. The molecule has 0 bridgehead atoms. The summed E-state index contributed by atoms with van der Waals surface area (Å²) in [4.78, 5) is 11.7. The van der Waals surface area contributed by atoms with Gasteiger partial charge in [0.05, 0.1) is 0 Å². The standard InChI is InChI=1S/C14H12O2.CH4/c15-14(12-7-3-1-4-8-12)11-16-13-9-5-2-6-10-13;/h1-10H,11H2;1H4. The lowest BCUT2D eigenvalue weighted by Gasteiger charge is -2.04. The van der Waals surface area contributed by atoms with Crippen molar-refractivity contribution in [2.24, 2.45) is 0 Å². The van der Waals surface area contributed by atoms with E-state index in [1.807, 2.05) is 48.5 Å². The van der Waals surface area contributed by atoms with Crippen molar-refractivity contribution in [2.45, 2.75) is 7.43 Å². The number of benzene rings is 2. The molecule has 17 heavy (non-hydrogen) atoms. The van der Waals surface area contributed by atoms with Gasteiger partial charge in [-0.25, -0.2) is 0 Å². The van der Waals surface area contributed by atoms with Gasteiger partial charge >= 0.3 is 0 Å². The Bertz CT molecular complexity index is 449. The number of hydrogen-bond donors (Lipinski definition) is 0. The molecule has 0 amide bonds. The molecule has 0 aromatic heterocycles. The molecule has 0 aliphatic carbocycles. The Morgan fingerprint density at radius 1 is 0.882 bits per heavy atom. The Kier molecular flexibility index (Phi) is 4.95. The molecule has 2 heteroatoms. The summed E-state index contributed by atoms with van der Waals surface area (Å²) < 4.78 is 5.37. The molecule has 0 fully saturated rings. The van der Waals surface area contributed by atoms with Crippen LogP contribution < -0.4 is 4.74 Å². The van der Waals surface area contributed by atoms with Gasteiger partial charge in [0.2, 0.25) is 0 Å². The van der Waals surface area contributed by atoms with E-state index >= 15 is 0 Å². The summed E-state index contributed by atoms with van der Waals surface area (Å²) in [5, 5.41) is 0. The molecule has 0 radical (unpaired) electrons. The molecule has 88 valence electrons. The molecule has 0 spiro atoms. The van der Waals surface area contributed by atoms with Crippen LogP contribution in [0.1, 0.15) is 17.8 Å². The van der Waals surface area contributed by atoms with E-state index in [1.165, 1.54) is 0 Å². The first-order chi connectivity index (χ1) is 7.86. The third-order valence-corrected chi connectivity index (χ3v) is 2.21. The summed E-state index contributed by atoms with van der Waals surface area (Å²) in [5.41, 5.74) is 0.679. The normalized spacial score (nSPS) is 9.18. The minimum Gasteiger partial charge on any atom is -0.485 e. The van der Waals surface area contributed by atoms with Crippen molar-refractivity contribution in [1.29, 1.82) is 0 Å². The van der Waals surface area contributed by atoms with Gasteiger partial charge in [-0.1, -0.05) is 56.0 Å². The van der Waals surface area contributed by atoms with Crippen molar-refractivity contribution >= 4 is 5.78 Å². The molecule has 0 saturated heterocycles. The van der Waals surface area contributed by atoms with E-state index in [-0.39, 0.29) is 19.8 Å². The van der Waals surface area contributed by atoms with E-state index in [9.17, 15) is 4.79 Å². The van der Waals surface area contributed by atoms with Crippen molar-refractivity contribution < 1.29 is 9.53 Å². The molecular weight excluding hydrogens is 212 g/mol. The van der Waals surface area contributed by atoms with Gasteiger partial charge < -0.3 is 4.74 Å². The number of carbonyl (C=O) groups excluding carboxylic acids is 1. The van der Waals surface area contributed by atoms with Gasteiger partial charge in [0.15, 0.2) is 12.4 Å². The molecule has 0 atom stereocenters. The van der Waals surface area contributed by atoms with E-state index in [2.05, 4.69) is 0 Å². The predicted molar refractivity (Wildman–Crippen MR) is 69.4 cm³/mol. The zero-order valence-electron chi connectivity index (χ0n) is 8.80. The number of hydrogen-bond acceptors (Lipinski definition) is 2. The van der Waals surface area contributed by atoms with Crippen LogP contribution in [-0.2, 0) is 0 Å². The highest BCUT2D eigenvalue weighted by atomic mass is 16.5. The van der Waals surface area contributed by atoms with Gasteiger partial charge in [0.25, 0.3) is 0 Å². The monoisotopic (exact) mass is 228 g/mol. The first-order valence-corrected chi connectivity index (χ1v) is 5.12. The fourth-order valence-electron chi connectivity index (χ4n) is 1.37. The van der Waals surface area contributed by atoms with Crippen molar-refractivity contribution in [2.75, 3.05) is 6.61 Å². The smallest absolute Gasteiger partial charge is 0.200 e. The Labute approximate surface area is 102 Å². The van der Waals surface area contributed by atoms with Crippen LogP contribution in [0.5, 0.6) is 5.75 Å². The summed E-state index contributed by atoms with van der Waals surface area (Å²) in [7, 11) is 0. The van der Waals surface area contributed by atoms with Crippen molar-refractivity contribution in [3.05, 3.63) is 66.2 Å². The SMILES string of the molecule is C.O=C(COc1ccccc1)c1ccccc1. The van der Waals surface area contributed by atoms with Crippen molar-refractivity contribution in [3.8, 4) is 5.75 Å². The van der Waals surface area contributed by atoms with Gasteiger partial charge in [-0.2, -0.15) is 0 Å². The number of ketones is 1. The van der Waals surface area contributed by atoms with Gasteiger partial charge in [0.1, 0.15) is 5.75 Å². The van der Waals surface area contributed by atoms with Crippen molar-refractivity contribution in [3.63, 3.8) is 0 Å². The minimum atomic E-state index is -0.00977. The number of para-hydroxylation sites is 1. The first kappa shape index (κ1) is 13.0. The number of Topliss-reactive ketones (excluding diaryl/α,β-unsaturated/α-hetero) is 1. The fourth-order valence-corrected chi connectivity index (χ4v) is 1.37. The molecular formula is C15H16O2. The molecule has 2 rings (SSSR count). The maximum atomic E-state index is 11.7. The summed E-state index contributed by atoms with van der Waals surface area (Å²) in [6, 6.07) is 18.5. The third kappa shape index (κ3) is 3.76. The average Bonchev–Trinajstić information content (AvgIpc) is 2.38. The second kappa shape index (κ2) is 6.48. The maximum Gasteiger partial charge on any atom is 0.200 e. The van der Waals surface area contributed by atoms with E-state index in [4.69, 9.17) is 4.74 Å². The van der Waals surface area contributed by atoms with Crippen LogP contribution in [-0.4, -0.2) is 12.4 Å². The van der Waals surface area contributed by atoms with Crippen LogP contribution in [0.4, 0.5) is 0 Å². The molecule has 0 unspecified atom stereocenters. The average molecular weight is 228 g/mol. The Hall–Kier alpha value is -2.09. The van der Waals surface area contributed by atoms with Crippen LogP contribution in [0.2, 0.25) is 0 Å². The second-order valence-corrected chi connectivity index (χ2v) is 3.39. The van der Waals surface area contributed by atoms with E-state index in [0.29, 0.717) is 11.3 Å². The molecule has 2 aromatic carbocycles. The van der Waals surface area contributed by atoms with Crippen molar-refractivity contribution in [1.82, 2.24) is 0 Å². The lowest BCUT2D eigenvalue weighted by atomic mass is 10.1. The molecule has 0 aliphatic heterocycles. The number of carbonyl (C=O) groups is 1. The van der Waals surface area contributed by atoms with Crippen LogP contribution in [0.3, 0.4) is 0 Å². The molecule has 2 nitrogen and oxygen atoms in total. The zero-order chi connectivity index (χ0) is 11.2. The van der Waals surface area contributed by atoms with Gasteiger partial charge in [-0.15, -0.1) is 0 Å². The van der Waals surface area contributed by atoms with Crippen LogP contribution in [0, 0.1) is 0 Å². The van der Waals surface area contributed by atoms with E-state index in [0.717, 1.165) is 0 Å². The highest BCUT2D eigenvalue weighted by Crippen LogP contribution is 2.09. The Morgan fingerprint density at radius 2 is 1.41 bits per heavy atom. The first-order valence-electron chi connectivity index (χ1n) is 5.12. The minimum absolute atomic E-state index is 0. The zero-order valence-corrected chi connectivity index (χ0v) is 8.80. The highest BCUT2D eigenvalue weighted by Gasteiger charge is 2.05. The summed E-state index contributed by atoms with van der Waals surface area (Å²) in [6.45, 7) is 0.0774. The third-order valence-electron chi connectivity index (χ3n) is 2.21. The maximum absolute atomic E-state index is 11.7. The molecule has 0 aliphatic rings. The van der Waals surface area contributed by atoms with Crippen LogP contribution in [0.25, 0.3) is 0 Å².